The van der Waals surface area contributed by atoms with Gasteiger partial charge in [0.1, 0.15) is 6.04 Å². The fourth-order valence-corrected chi connectivity index (χ4v) is 4.02. The summed E-state index contributed by atoms with van der Waals surface area (Å²) in [4.78, 5) is 0. The Morgan fingerprint density at radius 3 is 2.14 bits per heavy atom. The van der Waals surface area contributed by atoms with E-state index in [0.717, 1.165) is 24.5 Å². The number of nitrogens with two attached hydrogens (primary N) is 1. The summed E-state index contributed by atoms with van der Waals surface area (Å²) >= 11 is 0. The molecule has 28 heavy (non-hydrogen) atoms. The molecule has 0 aliphatic carbocycles. The van der Waals surface area contributed by atoms with Crippen molar-refractivity contribution in [1.29, 1.82) is 0 Å². The zero-order valence-corrected chi connectivity index (χ0v) is 16.7. The van der Waals surface area contributed by atoms with E-state index in [-0.39, 0.29) is 0 Å². The SMILES string of the molecule is CCOc1cc2c(cc1OCC)[C@@H](c1ccc(-c3ccccc3)cc1)[NH2+]CC2. The van der Waals surface area contributed by atoms with Gasteiger partial charge in [0.05, 0.1) is 19.8 Å². The maximum Gasteiger partial charge on any atom is 0.161 e. The minimum atomic E-state index is 0.295. The molecule has 0 saturated heterocycles. The van der Waals surface area contributed by atoms with Crippen molar-refractivity contribution in [3.8, 4) is 22.6 Å². The first-order valence-electron chi connectivity index (χ1n) is 10.2. The lowest BCUT2D eigenvalue weighted by molar-refractivity contribution is -0.690. The van der Waals surface area contributed by atoms with E-state index >= 15 is 0 Å². The molecule has 1 atom stereocenters. The number of benzene rings is 3. The Morgan fingerprint density at radius 1 is 0.821 bits per heavy atom. The molecule has 1 aliphatic rings. The molecule has 4 rings (SSSR count). The molecule has 0 aromatic heterocycles. The predicted octanol–water partition coefficient (Wildman–Crippen LogP) is 4.36. The van der Waals surface area contributed by atoms with Gasteiger partial charge in [-0.25, -0.2) is 0 Å². The summed E-state index contributed by atoms with van der Waals surface area (Å²) in [5, 5.41) is 2.43. The molecule has 3 aromatic rings. The average Bonchev–Trinajstić information content (AvgIpc) is 2.75. The van der Waals surface area contributed by atoms with Crippen LogP contribution in [-0.4, -0.2) is 19.8 Å². The molecular weight excluding hydrogens is 346 g/mol. The van der Waals surface area contributed by atoms with Crippen LogP contribution in [0.15, 0.2) is 66.7 Å². The molecule has 2 N–H and O–H groups in total. The molecule has 0 saturated carbocycles. The van der Waals surface area contributed by atoms with Crippen molar-refractivity contribution >= 4 is 0 Å². The van der Waals surface area contributed by atoms with E-state index in [1.165, 1.54) is 27.8 Å². The van der Waals surface area contributed by atoms with Crippen molar-refractivity contribution in [3.05, 3.63) is 83.4 Å². The van der Waals surface area contributed by atoms with Gasteiger partial charge in [0, 0.05) is 17.5 Å². The topological polar surface area (TPSA) is 35.1 Å². The first-order chi connectivity index (χ1) is 13.8. The van der Waals surface area contributed by atoms with Crippen LogP contribution in [-0.2, 0) is 6.42 Å². The molecular formula is C25H28NO2+. The molecule has 144 valence electrons. The molecule has 3 aromatic carbocycles. The van der Waals surface area contributed by atoms with Gasteiger partial charge in [-0.1, -0.05) is 54.6 Å². The molecule has 0 bridgehead atoms. The Hall–Kier alpha value is -2.78. The largest absolute Gasteiger partial charge is 0.490 e. The van der Waals surface area contributed by atoms with Crippen LogP contribution >= 0.6 is 0 Å². The summed E-state index contributed by atoms with van der Waals surface area (Å²) in [7, 11) is 0. The Bertz CT molecular complexity index is 919. The summed E-state index contributed by atoms with van der Waals surface area (Å²) in [5.74, 6) is 1.72. The number of ether oxygens (including phenoxy) is 2. The van der Waals surface area contributed by atoms with Crippen molar-refractivity contribution in [3.63, 3.8) is 0 Å². The van der Waals surface area contributed by atoms with Crippen LogP contribution < -0.4 is 14.8 Å². The lowest BCUT2D eigenvalue weighted by Gasteiger charge is -2.26. The van der Waals surface area contributed by atoms with Gasteiger partial charge in [-0.15, -0.1) is 0 Å². The molecule has 0 spiro atoms. The van der Waals surface area contributed by atoms with Gasteiger partial charge in [0.15, 0.2) is 11.5 Å². The quantitative estimate of drug-likeness (QED) is 0.696. The van der Waals surface area contributed by atoms with Gasteiger partial charge in [-0.2, -0.15) is 0 Å². The third kappa shape index (κ3) is 3.76. The summed E-state index contributed by atoms with van der Waals surface area (Å²) in [6, 6.07) is 24.2. The van der Waals surface area contributed by atoms with E-state index in [0.29, 0.717) is 19.3 Å². The fraction of sp³-hybridized carbons (Fsp3) is 0.280. The lowest BCUT2D eigenvalue weighted by atomic mass is 9.88. The Balaban J connectivity index is 1.68. The van der Waals surface area contributed by atoms with Crippen LogP contribution in [0, 0.1) is 0 Å². The highest BCUT2D eigenvalue weighted by molar-refractivity contribution is 5.63. The zero-order valence-electron chi connectivity index (χ0n) is 16.7. The van der Waals surface area contributed by atoms with Crippen LogP contribution in [0.1, 0.15) is 36.6 Å². The van der Waals surface area contributed by atoms with Crippen molar-refractivity contribution in [2.24, 2.45) is 0 Å². The third-order valence-electron chi connectivity index (χ3n) is 5.33. The van der Waals surface area contributed by atoms with Gasteiger partial charge in [0.2, 0.25) is 0 Å². The van der Waals surface area contributed by atoms with Crippen molar-refractivity contribution in [1.82, 2.24) is 0 Å². The first kappa shape index (κ1) is 18.6. The summed E-state index contributed by atoms with van der Waals surface area (Å²) in [6.07, 6.45) is 1.06. The minimum absolute atomic E-state index is 0.295. The number of fused-ring (bicyclic) bond motifs is 1. The van der Waals surface area contributed by atoms with Crippen molar-refractivity contribution in [2.75, 3.05) is 19.8 Å². The fourth-order valence-electron chi connectivity index (χ4n) is 4.02. The van der Waals surface area contributed by atoms with E-state index in [1.54, 1.807) is 0 Å². The molecule has 1 heterocycles. The summed E-state index contributed by atoms with van der Waals surface area (Å²) in [5.41, 5.74) is 6.54. The molecule has 3 nitrogen and oxygen atoms in total. The van der Waals surface area contributed by atoms with Gasteiger partial charge < -0.3 is 14.8 Å². The standard InChI is InChI=1S/C25H27NO2/c1-3-27-23-16-21-14-15-26-25(22(21)17-24(23)28-4-2)20-12-10-19(11-13-20)18-8-6-5-7-9-18/h5-13,16-17,25-26H,3-4,14-15H2,1-2H3/p+1/t25-/m1/s1. The maximum atomic E-state index is 5.88. The highest BCUT2D eigenvalue weighted by Gasteiger charge is 2.27. The number of hydrogen-bond donors (Lipinski definition) is 1. The first-order valence-corrected chi connectivity index (χ1v) is 10.2. The van der Waals surface area contributed by atoms with E-state index < -0.39 is 0 Å². The van der Waals surface area contributed by atoms with Gasteiger partial charge in [0.25, 0.3) is 0 Å². The molecule has 0 unspecified atom stereocenters. The number of hydrogen-bond acceptors (Lipinski definition) is 2. The van der Waals surface area contributed by atoms with Crippen LogP contribution in [0.25, 0.3) is 11.1 Å². The third-order valence-corrected chi connectivity index (χ3v) is 5.33. The Labute approximate surface area is 167 Å². The molecule has 0 amide bonds. The minimum Gasteiger partial charge on any atom is -0.490 e. The number of quaternary nitrogens is 1. The van der Waals surface area contributed by atoms with Crippen LogP contribution in [0.3, 0.4) is 0 Å². The van der Waals surface area contributed by atoms with Crippen molar-refractivity contribution in [2.45, 2.75) is 26.3 Å². The van der Waals surface area contributed by atoms with Gasteiger partial charge >= 0.3 is 0 Å². The predicted molar refractivity (Wildman–Crippen MR) is 113 cm³/mol. The molecule has 3 heteroatoms. The maximum absolute atomic E-state index is 5.88. The molecule has 1 aliphatic heterocycles. The van der Waals surface area contributed by atoms with Crippen LogP contribution in [0.5, 0.6) is 11.5 Å². The lowest BCUT2D eigenvalue weighted by Crippen LogP contribution is -2.87. The average molecular weight is 375 g/mol. The van der Waals surface area contributed by atoms with Crippen LogP contribution in [0.2, 0.25) is 0 Å². The van der Waals surface area contributed by atoms with E-state index in [4.69, 9.17) is 9.47 Å². The van der Waals surface area contributed by atoms with Crippen molar-refractivity contribution < 1.29 is 14.8 Å². The van der Waals surface area contributed by atoms with Crippen LogP contribution in [0.4, 0.5) is 0 Å². The van der Waals surface area contributed by atoms with E-state index in [1.807, 2.05) is 13.8 Å². The zero-order chi connectivity index (χ0) is 19.3. The Kier molecular flexibility index (Phi) is 5.63. The second-order valence-electron chi connectivity index (χ2n) is 7.10. The van der Waals surface area contributed by atoms with Gasteiger partial charge in [-0.05, 0) is 42.7 Å². The van der Waals surface area contributed by atoms with E-state index in [2.05, 4.69) is 72.0 Å². The Morgan fingerprint density at radius 2 is 1.46 bits per heavy atom. The van der Waals surface area contributed by atoms with E-state index in [9.17, 15) is 0 Å². The summed E-state index contributed by atoms with van der Waals surface area (Å²) < 4.78 is 11.7. The monoisotopic (exact) mass is 374 g/mol. The molecule has 0 fully saturated rings. The highest BCUT2D eigenvalue weighted by Crippen LogP contribution is 2.36. The molecule has 0 radical (unpaired) electrons. The van der Waals surface area contributed by atoms with Gasteiger partial charge in [-0.3, -0.25) is 0 Å². The summed E-state index contributed by atoms with van der Waals surface area (Å²) in [6.45, 7) is 6.40. The number of rotatable bonds is 6. The highest BCUT2D eigenvalue weighted by atomic mass is 16.5. The second kappa shape index (κ2) is 8.49. The normalized spacial score (nSPS) is 15.7. The smallest absolute Gasteiger partial charge is 0.161 e. The second-order valence-corrected chi connectivity index (χ2v) is 7.10.